The number of halogens is 2. The van der Waals surface area contributed by atoms with Gasteiger partial charge in [-0.25, -0.2) is 13.8 Å². The number of quaternary nitrogens is 1. The van der Waals surface area contributed by atoms with E-state index in [0.717, 1.165) is 10.5 Å². The van der Waals surface area contributed by atoms with Crippen molar-refractivity contribution in [3.8, 4) is 0 Å². The second-order valence-electron chi connectivity index (χ2n) is 7.11. The highest BCUT2D eigenvalue weighted by Gasteiger charge is 2.31. The fraction of sp³-hybridized carbons (Fsp3) is 0.300. The number of carbonyl (C=O) groups excluding carboxylic acids is 1. The second-order valence-corrected chi connectivity index (χ2v) is 9.86. The summed E-state index contributed by atoms with van der Waals surface area (Å²) < 4.78 is 27.0. The largest absolute Gasteiger partial charge is 0.325 e. The zero-order valence-electron chi connectivity index (χ0n) is 16.4. The quantitative estimate of drug-likeness (QED) is 0.494. The Kier molecular flexibility index (Phi) is 7.49. The average Bonchev–Trinajstić information content (AvgIpc) is 2.71. The zero-order chi connectivity index (χ0) is 21.7. The maximum Gasteiger partial charge on any atom is 0.295 e. The average molecular weight is 470 g/mol. The van der Waals surface area contributed by atoms with Crippen LogP contribution in [-0.2, 0) is 14.8 Å². The third kappa shape index (κ3) is 5.80. The summed E-state index contributed by atoms with van der Waals surface area (Å²) in [5.74, 6) is -0.240. The molecule has 0 radical (unpaired) electrons. The van der Waals surface area contributed by atoms with E-state index in [-0.39, 0.29) is 12.5 Å². The number of amides is 1. The Morgan fingerprint density at radius 3 is 2.43 bits per heavy atom. The number of nitrogens with zero attached hydrogens (tertiary/aromatic N) is 2. The number of rotatable bonds is 6. The van der Waals surface area contributed by atoms with Crippen molar-refractivity contribution in [3.05, 3.63) is 63.6 Å². The summed E-state index contributed by atoms with van der Waals surface area (Å²) in [6, 6.07) is 11.9. The molecule has 0 bridgehead atoms. The first-order chi connectivity index (χ1) is 14.3. The maximum atomic E-state index is 12.7. The van der Waals surface area contributed by atoms with Gasteiger partial charge in [0.25, 0.3) is 5.91 Å². The van der Waals surface area contributed by atoms with Crippen molar-refractivity contribution in [1.29, 1.82) is 0 Å². The molecular formula is C20H23Cl2N4O3S+. The monoisotopic (exact) mass is 469 g/mol. The van der Waals surface area contributed by atoms with Gasteiger partial charge in [0.15, 0.2) is 6.54 Å². The number of aryl methyl sites for hydroxylation is 1. The molecule has 160 valence electrons. The van der Waals surface area contributed by atoms with E-state index < -0.39 is 10.0 Å². The molecule has 1 aliphatic rings. The van der Waals surface area contributed by atoms with Crippen molar-refractivity contribution < 1.29 is 18.1 Å². The molecule has 10 heteroatoms. The van der Waals surface area contributed by atoms with E-state index >= 15 is 0 Å². The highest BCUT2D eigenvalue weighted by atomic mass is 35.5. The molecule has 1 saturated heterocycles. The summed E-state index contributed by atoms with van der Waals surface area (Å²) in [4.78, 5) is 13.4. The van der Waals surface area contributed by atoms with Gasteiger partial charge in [-0.3, -0.25) is 4.79 Å². The molecule has 1 fully saturated rings. The van der Waals surface area contributed by atoms with Crippen molar-refractivity contribution in [1.82, 2.24) is 9.73 Å². The first-order valence-corrected chi connectivity index (χ1v) is 11.6. The molecule has 1 aliphatic heterocycles. The van der Waals surface area contributed by atoms with Crippen LogP contribution in [0.4, 0.5) is 0 Å². The highest BCUT2D eigenvalue weighted by Crippen LogP contribution is 2.21. The van der Waals surface area contributed by atoms with Gasteiger partial charge in [0.1, 0.15) is 0 Å². The fourth-order valence-electron chi connectivity index (χ4n) is 3.12. The Morgan fingerprint density at radius 1 is 1.13 bits per heavy atom. The Balaban J connectivity index is 1.48. The van der Waals surface area contributed by atoms with Crippen LogP contribution in [0.25, 0.3) is 0 Å². The lowest BCUT2D eigenvalue weighted by molar-refractivity contribution is -0.895. The van der Waals surface area contributed by atoms with E-state index in [0.29, 0.717) is 46.7 Å². The molecule has 2 N–H and O–H groups in total. The molecule has 0 saturated carbocycles. The van der Waals surface area contributed by atoms with Crippen LogP contribution in [0.5, 0.6) is 0 Å². The highest BCUT2D eigenvalue weighted by molar-refractivity contribution is 7.89. The third-order valence-corrected chi connectivity index (χ3v) is 7.50. The first-order valence-electron chi connectivity index (χ1n) is 9.43. The van der Waals surface area contributed by atoms with E-state index in [9.17, 15) is 13.2 Å². The molecule has 30 heavy (non-hydrogen) atoms. The summed E-state index contributed by atoms with van der Waals surface area (Å²) in [6.07, 6.45) is 1.49. The smallest absolute Gasteiger partial charge is 0.295 e. The molecule has 0 spiro atoms. The second kappa shape index (κ2) is 9.89. The van der Waals surface area contributed by atoms with Crippen molar-refractivity contribution in [2.75, 3.05) is 32.7 Å². The number of piperazine rings is 1. The van der Waals surface area contributed by atoms with Gasteiger partial charge < -0.3 is 4.90 Å². The molecule has 0 aliphatic carbocycles. The predicted octanol–water partition coefficient (Wildman–Crippen LogP) is 1.34. The van der Waals surface area contributed by atoms with Crippen LogP contribution in [0.15, 0.2) is 52.5 Å². The molecule has 2 aromatic rings. The summed E-state index contributed by atoms with van der Waals surface area (Å²) in [7, 11) is -3.51. The van der Waals surface area contributed by atoms with Gasteiger partial charge in [-0.1, -0.05) is 47.0 Å². The minimum Gasteiger partial charge on any atom is -0.325 e. The maximum absolute atomic E-state index is 12.7. The minimum atomic E-state index is -3.51. The van der Waals surface area contributed by atoms with Gasteiger partial charge >= 0.3 is 0 Å². The molecule has 1 heterocycles. The molecule has 2 aromatic carbocycles. The van der Waals surface area contributed by atoms with Crippen LogP contribution in [0.2, 0.25) is 10.0 Å². The predicted molar refractivity (Wildman–Crippen MR) is 118 cm³/mol. The molecule has 0 atom stereocenters. The van der Waals surface area contributed by atoms with E-state index in [2.05, 4.69) is 10.5 Å². The lowest BCUT2D eigenvalue weighted by Gasteiger charge is -2.31. The Hall–Kier alpha value is -1.97. The van der Waals surface area contributed by atoms with Gasteiger partial charge in [0.2, 0.25) is 10.0 Å². The number of sulfonamides is 1. The van der Waals surface area contributed by atoms with Crippen LogP contribution in [0.3, 0.4) is 0 Å². The molecule has 0 unspecified atom stereocenters. The van der Waals surface area contributed by atoms with Gasteiger partial charge in [0, 0.05) is 0 Å². The summed E-state index contributed by atoms with van der Waals surface area (Å²) >= 11 is 11.8. The number of benzene rings is 2. The number of nitrogens with one attached hydrogen (secondary N) is 2. The zero-order valence-corrected chi connectivity index (χ0v) is 18.8. The number of carbonyl (C=O) groups is 1. The Morgan fingerprint density at radius 2 is 1.80 bits per heavy atom. The van der Waals surface area contributed by atoms with Crippen LogP contribution in [-0.4, -0.2) is 57.6 Å². The van der Waals surface area contributed by atoms with E-state index in [1.165, 1.54) is 10.5 Å². The molecule has 7 nitrogen and oxygen atoms in total. The van der Waals surface area contributed by atoms with E-state index in [1.54, 1.807) is 42.5 Å². The molecule has 1 amide bonds. The van der Waals surface area contributed by atoms with Crippen molar-refractivity contribution in [2.24, 2.45) is 5.10 Å². The normalized spacial score (nSPS) is 16.1. The van der Waals surface area contributed by atoms with Gasteiger partial charge in [-0.05, 0) is 36.8 Å². The summed E-state index contributed by atoms with van der Waals surface area (Å²) in [5.41, 5.74) is 4.21. The van der Waals surface area contributed by atoms with Crippen LogP contribution >= 0.6 is 23.2 Å². The van der Waals surface area contributed by atoms with Crippen LogP contribution in [0, 0.1) is 6.92 Å². The van der Waals surface area contributed by atoms with Crippen molar-refractivity contribution >= 4 is 45.3 Å². The van der Waals surface area contributed by atoms with Gasteiger partial charge in [-0.15, -0.1) is 0 Å². The van der Waals surface area contributed by atoms with E-state index in [1.807, 2.05) is 6.92 Å². The lowest BCUT2D eigenvalue weighted by atomic mass is 10.2. The van der Waals surface area contributed by atoms with Gasteiger partial charge in [0.05, 0.1) is 47.3 Å². The number of hydrazone groups is 1. The fourth-order valence-corrected chi connectivity index (χ4v) is 4.86. The lowest BCUT2D eigenvalue weighted by Crippen LogP contribution is -3.15. The standard InChI is InChI=1S/C20H22Cl2N4O3S/c1-15-2-5-17(6-3-15)30(28,29)26-10-8-25(9-11-26)14-20(27)24-23-13-16-4-7-18(21)19(22)12-16/h2-7,12-13H,8-11,14H2,1H3,(H,24,27)/p+1. The van der Waals surface area contributed by atoms with E-state index in [4.69, 9.17) is 23.2 Å². The molecular weight excluding hydrogens is 447 g/mol. The summed E-state index contributed by atoms with van der Waals surface area (Å²) in [5, 5.41) is 4.79. The van der Waals surface area contributed by atoms with Crippen molar-refractivity contribution in [2.45, 2.75) is 11.8 Å². The molecule has 0 aromatic heterocycles. The van der Waals surface area contributed by atoms with Crippen LogP contribution < -0.4 is 10.3 Å². The van der Waals surface area contributed by atoms with Crippen molar-refractivity contribution in [3.63, 3.8) is 0 Å². The van der Waals surface area contributed by atoms with Crippen LogP contribution in [0.1, 0.15) is 11.1 Å². The van der Waals surface area contributed by atoms with Gasteiger partial charge in [-0.2, -0.15) is 9.41 Å². The minimum absolute atomic E-state index is 0.219. The number of hydrogen-bond donors (Lipinski definition) is 2. The first kappa shape index (κ1) is 22.7. The Labute approximate surface area is 186 Å². The SMILES string of the molecule is Cc1ccc(S(=O)(=O)N2CC[NH+](CC(=O)NN=Cc3ccc(Cl)c(Cl)c3)CC2)cc1. The number of hydrogen-bond acceptors (Lipinski definition) is 4. The molecule has 3 rings (SSSR count). The summed E-state index contributed by atoms with van der Waals surface area (Å²) in [6.45, 7) is 3.97. The Bertz CT molecular complexity index is 1030. The third-order valence-electron chi connectivity index (χ3n) is 4.85. The topological polar surface area (TPSA) is 83.3 Å².